The van der Waals surface area contributed by atoms with Gasteiger partial charge in [-0.1, -0.05) is 23.2 Å². The van der Waals surface area contributed by atoms with Crippen molar-refractivity contribution >= 4 is 34.8 Å². The van der Waals surface area contributed by atoms with Crippen LogP contribution in [-0.4, -0.2) is 25.8 Å². The van der Waals surface area contributed by atoms with Crippen molar-refractivity contribution in [3.63, 3.8) is 0 Å². The number of rotatable bonds is 2. The highest BCUT2D eigenvalue weighted by Gasteiger charge is 2.35. The fraction of sp³-hybridized carbons (Fsp3) is 0.250. The van der Waals surface area contributed by atoms with E-state index in [2.05, 4.69) is 9.47 Å². The molecule has 0 N–H and O–H groups in total. The summed E-state index contributed by atoms with van der Waals surface area (Å²) >= 11 is 11.2. The Morgan fingerprint density at radius 2 is 1.14 bits per heavy atom. The number of carbonyl (C=O) groups excluding carboxylic acids is 2. The summed E-state index contributed by atoms with van der Waals surface area (Å²) in [7, 11) is 2.45. The van der Waals surface area contributed by atoms with Crippen molar-refractivity contribution in [1.82, 2.24) is 0 Å². The van der Waals surface area contributed by atoms with Crippen LogP contribution in [0.1, 0.15) is 0 Å². The fourth-order valence-corrected chi connectivity index (χ4v) is 1.47. The molecule has 0 aromatic rings. The summed E-state index contributed by atoms with van der Waals surface area (Å²) in [5.41, 5.74) is 0. The van der Waals surface area contributed by atoms with Crippen molar-refractivity contribution in [1.29, 1.82) is 0 Å². The molecule has 0 radical (unpaired) electrons. The van der Waals surface area contributed by atoms with Gasteiger partial charge in [0.25, 0.3) is 0 Å². The normalized spacial score (nSPS) is 17.7. The first-order valence-corrected chi connectivity index (χ1v) is 4.27. The first-order valence-electron chi connectivity index (χ1n) is 3.51. The lowest BCUT2D eigenvalue weighted by Gasteiger charge is -2.15. The van der Waals surface area contributed by atoms with E-state index in [1.165, 1.54) is 14.2 Å². The predicted octanol–water partition coefficient (Wildman–Crippen LogP) is 1.33. The molecule has 4 nitrogen and oxygen atoms in total. The zero-order valence-electron chi connectivity index (χ0n) is 7.39. The minimum absolute atomic E-state index is 0.262. The third-order valence-corrected chi connectivity index (χ3v) is 2.30. The molecule has 14 heavy (non-hydrogen) atoms. The molecule has 0 atom stereocenters. The minimum Gasteiger partial charge on any atom is -0.491 e. The third-order valence-electron chi connectivity index (χ3n) is 1.62. The minimum atomic E-state index is -0.657. The van der Waals surface area contributed by atoms with Crippen LogP contribution in [0.4, 0.5) is 0 Å². The zero-order valence-corrected chi connectivity index (χ0v) is 8.90. The number of Topliss-reactive ketones (excluding diaryl/α,β-unsaturated/α-hetero) is 2. The van der Waals surface area contributed by atoms with E-state index in [-0.39, 0.29) is 21.6 Å². The lowest BCUT2D eigenvalue weighted by Crippen LogP contribution is -2.21. The second-order valence-electron chi connectivity index (χ2n) is 2.35. The van der Waals surface area contributed by atoms with Crippen LogP contribution in [0.25, 0.3) is 0 Å². The van der Waals surface area contributed by atoms with Crippen LogP contribution in [0, 0.1) is 0 Å². The molecule has 0 aromatic carbocycles. The summed E-state index contributed by atoms with van der Waals surface area (Å²) in [5, 5.41) is -0.641. The number of ether oxygens (including phenoxy) is 2. The summed E-state index contributed by atoms with van der Waals surface area (Å²) in [6.45, 7) is 0. The number of ketones is 2. The molecule has 76 valence electrons. The van der Waals surface area contributed by atoms with Gasteiger partial charge >= 0.3 is 0 Å². The maximum absolute atomic E-state index is 11.4. The number of methoxy groups -OCH3 is 2. The Labute approximate surface area is 90.1 Å². The van der Waals surface area contributed by atoms with Gasteiger partial charge in [0.2, 0.25) is 11.6 Å². The van der Waals surface area contributed by atoms with Crippen LogP contribution < -0.4 is 0 Å². The maximum atomic E-state index is 11.4. The van der Waals surface area contributed by atoms with E-state index in [9.17, 15) is 9.59 Å². The van der Waals surface area contributed by atoms with Crippen molar-refractivity contribution in [3.05, 3.63) is 21.6 Å². The van der Waals surface area contributed by atoms with E-state index < -0.39 is 11.6 Å². The zero-order chi connectivity index (χ0) is 10.9. The number of halogens is 2. The summed E-state index contributed by atoms with van der Waals surface area (Å²) in [4.78, 5) is 22.8. The largest absolute Gasteiger partial charge is 0.491 e. The van der Waals surface area contributed by atoms with Crippen molar-refractivity contribution in [3.8, 4) is 0 Å². The topological polar surface area (TPSA) is 52.6 Å². The molecule has 6 heteroatoms. The van der Waals surface area contributed by atoms with E-state index >= 15 is 0 Å². The second kappa shape index (κ2) is 4.02. The molecular formula is C8H6Cl2O4. The Morgan fingerprint density at radius 1 is 0.857 bits per heavy atom. The lowest BCUT2D eigenvalue weighted by molar-refractivity contribution is -0.119. The van der Waals surface area contributed by atoms with Gasteiger partial charge in [0.1, 0.15) is 10.1 Å². The third kappa shape index (κ3) is 1.51. The quantitative estimate of drug-likeness (QED) is 0.680. The van der Waals surface area contributed by atoms with Gasteiger partial charge in [0, 0.05) is 0 Å². The van der Waals surface area contributed by atoms with Crippen LogP contribution in [0.3, 0.4) is 0 Å². The molecule has 1 aliphatic carbocycles. The molecule has 0 saturated carbocycles. The van der Waals surface area contributed by atoms with Crippen molar-refractivity contribution in [2.24, 2.45) is 0 Å². The van der Waals surface area contributed by atoms with Gasteiger partial charge in [-0.3, -0.25) is 9.59 Å². The SMILES string of the molecule is COC1=C(Cl)C(=O)C(OC)=C(Cl)C1=O. The number of carbonyl (C=O) groups is 2. The first-order chi connectivity index (χ1) is 6.54. The van der Waals surface area contributed by atoms with Crippen LogP contribution in [0.15, 0.2) is 21.6 Å². The van der Waals surface area contributed by atoms with Crippen LogP contribution in [0.5, 0.6) is 0 Å². The smallest absolute Gasteiger partial charge is 0.244 e. The standard InChI is InChI=1S/C8H6Cl2O4/c1-13-7-3(9)6(12)8(14-2)4(10)5(7)11/h1-2H3. The summed E-state index contributed by atoms with van der Waals surface area (Å²) in [6.07, 6.45) is 0. The highest BCUT2D eigenvalue weighted by Crippen LogP contribution is 2.29. The lowest BCUT2D eigenvalue weighted by atomic mass is 10.1. The average molecular weight is 237 g/mol. The fourth-order valence-electron chi connectivity index (χ4n) is 0.970. The number of allylic oxidation sites excluding steroid dienone is 2. The molecule has 0 unspecified atom stereocenters. The monoisotopic (exact) mass is 236 g/mol. The molecule has 0 fully saturated rings. The van der Waals surface area contributed by atoms with Gasteiger partial charge in [-0.2, -0.15) is 0 Å². The van der Waals surface area contributed by atoms with Gasteiger partial charge in [-0.25, -0.2) is 0 Å². The van der Waals surface area contributed by atoms with Gasteiger partial charge < -0.3 is 9.47 Å². The Hall–Kier alpha value is -1.00. The predicted molar refractivity (Wildman–Crippen MR) is 49.8 cm³/mol. The second-order valence-corrected chi connectivity index (χ2v) is 3.11. The van der Waals surface area contributed by atoms with E-state index in [0.29, 0.717) is 0 Å². The number of hydrogen-bond acceptors (Lipinski definition) is 4. The average Bonchev–Trinajstić information content (AvgIpc) is 2.17. The summed E-state index contributed by atoms with van der Waals surface area (Å²) in [6, 6.07) is 0. The van der Waals surface area contributed by atoms with E-state index in [1.54, 1.807) is 0 Å². The van der Waals surface area contributed by atoms with Crippen LogP contribution >= 0.6 is 23.2 Å². The Bertz CT molecular complexity index is 332. The van der Waals surface area contributed by atoms with E-state index in [4.69, 9.17) is 23.2 Å². The van der Waals surface area contributed by atoms with Gasteiger partial charge in [-0.15, -0.1) is 0 Å². The first kappa shape index (κ1) is 11.1. The molecule has 0 aliphatic heterocycles. The molecule has 0 spiro atoms. The molecule has 1 aliphatic rings. The van der Waals surface area contributed by atoms with E-state index in [1.807, 2.05) is 0 Å². The van der Waals surface area contributed by atoms with Crippen molar-refractivity contribution < 1.29 is 19.1 Å². The molecular weight excluding hydrogens is 231 g/mol. The Kier molecular flexibility index (Phi) is 3.18. The van der Waals surface area contributed by atoms with Gasteiger partial charge in [0.05, 0.1) is 14.2 Å². The van der Waals surface area contributed by atoms with Gasteiger partial charge in [-0.05, 0) is 0 Å². The number of hydrogen-bond donors (Lipinski definition) is 0. The van der Waals surface area contributed by atoms with Crippen LogP contribution in [-0.2, 0) is 19.1 Å². The molecule has 0 saturated heterocycles. The summed E-state index contributed by atoms with van der Waals surface area (Å²) in [5.74, 6) is -1.84. The van der Waals surface area contributed by atoms with Crippen LogP contribution in [0.2, 0.25) is 0 Å². The molecule has 1 rings (SSSR count). The van der Waals surface area contributed by atoms with Crippen molar-refractivity contribution in [2.75, 3.05) is 14.2 Å². The van der Waals surface area contributed by atoms with E-state index in [0.717, 1.165) is 0 Å². The highest BCUT2D eigenvalue weighted by atomic mass is 35.5. The molecule has 0 amide bonds. The summed E-state index contributed by atoms with van der Waals surface area (Å²) < 4.78 is 9.30. The molecule has 0 heterocycles. The Balaban J connectivity index is 3.28. The highest BCUT2D eigenvalue weighted by molar-refractivity contribution is 6.55. The van der Waals surface area contributed by atoms with Crippen molar-refractivity contribution in [2.45, 2.75) is 0 Å². The molecule has 0 aromatic heterocycles. The van der Waals surface area contributed by atoms with Gasteiger partial charge in [0.15, 0.2) is 11.5 Å². The molecule has 0 bridgehead atoms. The Morgan fingerprint density at radius 3 is 1.36 bits per heavy atom. The maximum Gasteiger partial charge on any atom is 0.244 e.